The summed E-state index contributed by atoms with van der Waals surface area (Å²) in [6.07, 6.45) is 3.72. The van der Waals surface area contributed by atoms with Crippen molar-refractivity contribution in [1.29, 1.82) is 0 Å². The lowest BCUT2D eigenvalue weighted by molar-refractivity contribution is 0.0993. The van der Waals surface area contributed by atoms with E-state index in [4.69, 9.17) is 5.73 Å². The average molecular weight is 226 g/mol. The van der Waals surface area contributed by atoms with Crippen LogP contribution in [0.25, 0.3) is 0 Å². The number of pyridine rings is 1. The second-order valence-corrected chi connectivity index (χ2v) is 4.05. The highest BCUT2D eigenvalue weighted by Crippen LogP contribution is 2.16. The maximum absolute atomic E-state index is 12.1. The van der Waals surface area contributed by atoms with Gasteiger partial charge >= 0.3 is 0 Å². The van der Waals surface area contributed by atoms with Crippen LogP contribution in [0.2, 0.25) is 0 Å². The highest BCUT2D eigenvalue weighted by atomic mass is 16.1. The van der Waals surface area contributed by atoms with Crippen molar-refractivity contribution >= 4 is 11.5 Å². The van der Waals surface area contributed by atoms with Crippen LogP contribution in [0, 0.1) is 6.92 Å². The van der Waals surface area contributed by atoms with Gasteiger partial charge in [0, 0.05) is 30.1 Å². The number of hydrogen-bond acceptors (Lipinski definition) is 3. The number of carbonyl (C=O) groups excluding carboxylic acids is 1. The highest BCUT2D eigenvalue weighted by Gasteiger charge is 2.10. The second kappa shape index (κ2) is 4.78. The van der Waals surface area contributed by atoms with Gasteiger partial charge in [-0.15, -0.1) is 0 Å². The molecular formula is C14H14N2O. The minimum Gasteiger partial charge on any atom is -0.398 e. The Hall–Kier alpha value is -2.16. The third kappa shape index (κ3) is 2.69. The first-order valence-electron chi connectivity index (χ1n) is 5.45. The first-order chi connectivity index (χ1) is 8.16. The Kier molecular flexibility index (Phi) is 3.19. The van der Waals surface area contributed by atoms with Gasteiger partial charge in [-0.1, -0.05) is 17.7 Å². The lowest BCUT2D eigenvalue weighted by Crippen LogP contribution is -2.07. The molecule has 0 atom stereocenters. The molecule has 0 aliphatic heterocycles. The van der Waals surface area contributed by atoms with Gasteiger partial charge < -0.3 is 5.73 Å². The van der Waals surface area contributed by atoms with Crippen LogP contribution in [0.4, 0.5) is 5.69 Å². The normalized spacial score (nSPS) is 10.2. The molecule has 0 saturated carbocycles. The number of nitrogen functional groups attached to an aromatic ring is 1. The molecule has 0 saturated heterocycles. The minimum absolute atomic E-state index is 0.0270. The fourth-order valence-corrected chi connectivity index (χ4v) is 1.69. The molecule has 2 N–H and O–H groups in total. The topological polar surface area (TPSA) is 56.0 Å². The Labute approximate surface area is 100 Å². The number of anilines is 1. The van der Waals surface area contributed by atoms with E-state index in [1.54, 1.807) is 18.5 Å². The molecule has 0 aliphatic rings. The van der Waals surface area contributed by atoms with Gasteiger partial charge in [0.05, 0.1) is 0 Å². The van der Waals surface area contributed by atoms with Gasteiger partial charge in [0.15, 0.2) is 5.78 Å². The Morgan fingerprint density at radius 1 is 1.35 bits per heavy atom. The van der Waals surface area contributed by atoms with Crippen LogP contribution in [0.1, 0.15) is 21.5 Å². The van der Waals surface area contributed by atoms with Crippen molar-refractivity contribution < 1.29 is 4.79 Å². The molecule has 3 nitrogen and oxygen atoms in total. The number of nitrogens with zero attached hydrogens (tertiary/aromatic N) is 1. The van der Waals surface area contributed by atoms with Gasteiger partial charge in [-0.3, -0.25) is 9.78 Å². The summed E-state index contributed by atoms with van der Waals surface area (Å²) in [4.78, 5) is 16.1. The molecule has 1 aromatic heterocycles. The highest BCUT2D eigenvalue weighted by molar-refractivity contribution is 6.02. The zero-order valence-corrected chi connectivity index (χ0v) is 9.68. The van der Waals surface area contributed by atoms with Crippen LogP contribution in [0.3, 0.4) is 0 Å². The van der Waals surface area contributed by atoms with E-state index in [9.17, 15) is 4.79 Å². The molecule has 2 rings (SSSR count). The Morgan fingerprint density at radius 2 is 2.18 bits per heavy atom. The summed E-state index contributed by atoms with van der Waals surface area (Å²) in [7, 11) is 0. The lowest BCUT2D eigenvalue weighted by atomic mass is 10.0. The Bertz CT molecular complexity index is 535. The number of rotatable bonds is 3. The van der Waals surface area contributed by atoms with Crippen molar-refractivity contribution in [2.24, 2.45) is 0 Å². The molecule has 0 aliphatic carbocycles. The van der Waals surface area contributed by atoms with Crippen LogP contribution in [-0.4, -0.2) is 10.8 Å². The quantitative estimate of drug-likeness (QED) is 0.645. The largest absolute Gasteiger partial charge is 0.398 e. The van der Waals surface area contributed by atoms with Crippen molar-refractivity contribution in [3.05, 3.63) is 59.4 Å². The number of benzene rings is 1. The van der Waals surface area contributed by atoms with Crippen molar-refractivity contribution in [1.82, 2.24) is 4.98 Å². The van der Waals surface area contributed by atoms with E-state index in [0.717, 1.165) is 11.1 Å². The monoisotopic (exact) mass is 226 g/mol. The maximum Gasteiger partial charge on any atom is 0.169 e. The zero-order valence-electron chi connectivity index (χ0n) is 9.68. The van der Waals surface area contributed by atoms with E-state index in [2.05, 4.69) is 4.98 Å². The average Bonchev–Trinajstić information content (AvgIpc) is 2.33. The van der Waals surface area contributed by atoms with Crippen molar-refractivity contribution in [3.63, 3.8) is 0 Å². The van der Waals surface area contributed by atoms with Crippen LogP contribution < -0.4 is 5.73 Å². The van der Waals surface area contributed by atoms with Gasteiger partial charge in [-0.25, -0.2) is 0 Å². The molecule has 3 heteroatoms. The summed E-state index contributed by atoms with van der Waals surface area (Å²) < 4.78 is 0. The molecule has 0 amide bonds. The standard InChI is InChI=1S/C14H14N2O/c1-10-4-5-13(15)12(7-10)14(17)8-11-3-2-6-16-9-11/h2-7,9H,8,15H2,1H3. The fourth-order valence-electron chi connectivity index (χ4n) is 1.69. The summed E-state index contributed by atoms with van der Waals surface area (Å²) in [5, 5.41) is 0. The second-order valence-electron chi connectivity index (χ2n) is 4.05. The van der Waals surface area contributed by atoms with Crippen LogP contribution >= 0.6 is 0 Å². The fraction of sp³-hybridized carbons (Fsp3) is 0.143. The zero-order chi connectivity index (χ0) is 12.3. The summed E-state index contributed by atoms with van der Waals surface area (Å²) >= 11 is 0. The third-order valence-corrected chi connectivity index (χ3v) is 2.60. The van der Waals surface area contributed by atoms with Crippen LogP contribution in [0.15, 0.2) is 42.7 Å². The van der Waals surface area contributed by atoms with Gasteiger partial charge in [-0.2, -0.15) is 0 Å². The smallest absolute Gasteiger partial charge is 0.169 e. The van der Waals surface area contributed by atoms with E-state index in [-0.39, 0.29) is 5.78 Å². The molecule has 0 unspecified atom stereocenters. The molecule has 0 bridgehead atoms. The summed E-state index contributed by atoms with van der Waals surface area (Å²) in [5.41, 5.74) is 8.87. The molecular weight excluding hydrogens is 212 g/mol. The van der Waals surface area contributed by atoms with E-state index in [1.165, 1.54) is 0 Å². The van der Waals surface area contributed by atoms with Gasteiger partial charge in [0.25, 0.3) is 0 Å². The number of aromatic nitrogens is 1. The minimum atomic E-state index is 0.0270. The van der Waals surface area contributed by atoms with Crippen LogP contribution in [0.5, 0.6) is 0 Å². The van der Waals surface area contributed by atoms with Gasteiger partial charge in [0.1, 0.15) is 0 Å². The predicted octanol–water partition coefficient (Wildman–Crippen LogP) is 2.40. The molecule has 1 aromatic carbocycles. The van der Waals surface area contributed by atoms with E-state index in [1.807, 2.05) is 31.2 Å². The van der Waals surface area contributed by atoms with E-state index in [0.29, 0.717) is 17.7 Å². The molecule has 0 radical (unpaired) electrons. The molecule has 17 heavy (non-hydrogen) atoms. The first kappa shape index (κ1) is 11.3. The Morgan fingerprint density at radius 3 is 2.88 bits per heavy atom. The van der Waals surface area contributed by atoms with E-state index >= 15 is 0 Å². The molecule has 2 aromatic rings. The van der Waals surface area contributed by atoms with Crippen molar-refractivity contribution in [2.45, 2.75) is 13.3 Å². The molecule has 1 heterocycles. The SMILES string of the molecule is Cc1ccc(N)c(C(=O)Cc2cccnc2)c1. The van der Waals surface area contributed by atoms with Crippen molar-refractivity contribution in [2.75, 3.05) is 5.73 Å². The van der Waals surface area contributed by atoms with Crippen molar-refractivity contribution in [3.8, 4) is 0 Å². The third-order valence-electron chi connectivity index (χ3n) is 2.60. The van der Waals surface area contributed by atoms with Gasteiger partial charge in [-0.05, 0) is 30.7 Å². The number of aryl methyl sites for hydroxylation is 1. The molecule has 86 valence electrons. The van der Waals surface area contributed by atoms with E-state index < -0.39 is 0 Å². The molecule has 0 spiro atoms. The molecule has 0 fully saturated rings. The Balaban J connectivity index is 2.23. The first-order valence-corrected chi connectivity index (χ1v) is 5.45. The number of Topliss-reactive ketones (excluding diaryl/α,β-unsaturated/α-hetero) is 1. The number of carbonyl (C=O) groups is 1. The maximum atomic E-state index is 12.1. The van der Waals surface area contributed by atoms with Crippen LogP contribution in [-0.2, 0) is 6.42 Å². The number of nitrogens with two attached hydrogens (primary N) is 1. The lowest BCUT2D eigenvalue weighted by Gasteiger charge is -2.05. The summed E-state index contributed by atoms with van der Waals surface area (Å²) in [5.74, 6) is 0.0270. The number of hydrogen-bond donors (Lipinski definition) is 1. The summed E-state index contributed by atoms with van der Waals surface area (Å²) in [6.45, 7) is 1.94. The predicted molar refractivity (Wildman–Crippen MR) is 67.9 cm³/mol. The number of ketones is 1. The summed E-state index contributed by atoms with van der Waals surface area (Å²) in [6, 6.07) is 9.20. The van der Waals surface area contributed by atoms with Gasteiger partial charge in [0.2, 0.25) is 0 Å².